The highest BCUT2D eigenvalue weighted by Crippen LogP contribution is 2.35. The molecule has 2 aromatic rings. The van der Waals surface area contributed by atoms with Crippen molar-refractivity contribution in [1.29, 1.82) is 0 Å². The number of fused-ring (bicyclic) bond motifs is 1. The Morgan fingerprint density at radius 2 is 2.00 bits per heavy atom. The molecule has 29 heavy (non-hydrogen) atoms. The molecule has 2 heterocycles. The summed E-state index contributed by atoms with van der Waals surface area (Å²) in [6.07, 6.45) is 0. The molecule has 2 atom stereocenters. The Morgan fingerprint density at radius 1 is 1.24 bits per heavy atom. The van der Waals surface area contributed by atoms with Crippen LogP contribution in [0.25, 0.3) is 0 Å². The highest BCUT2D eigenvalue weighted by atomic mass is 79.9. The topological polar surface area (TPSA) is 78.8 Å². The van der Waals surface area contributed by atoms with Gasteiger partial charge in [0.15, 0.2) is 15.0 Å². The Morgan fingerprint density at radius 3 is 2.72 bits per heavy atom. The van der Waals surface area contributed by atoms with Crippen LogP contribution in [0.1, 0.15) is 0 Å². The Labute approximate surface area is 186 Å². The van der Waals surface area contributed by atoms with Crippen LogP contribution in [0.2, 0.25) is 5.02 Å². The van der Waals surface area contributed by atoms with Gasteiger partial charge in [-0.05, 0) is 42.5 Å². The number of aliphatic imine (C=N–C) groups is 1. The van der Waals surface area contributed by atoms with E-state index in [1.165, 1.54) is 11.8 Å². The summed E-state index contributed by atoms with van der Waals surface area (Å²) in [7, 11) is -3.13. The summed E-state index contributed by atoms with van der Waals surface area (Å²) >= 11 is 10.8. The second kappa shape index (κ2) is 8.29. The van der Waals surface area contributed by atoms with Gasteiger partial charge in [-0.2, -0.15) is 0 Å². The van der Waals surface area contributed by atoms with Crippen molar-refractivity contribution in [3.63, 3.8) is 0 Å². The van der Waals surface area contributed by atoms with Crippen LogP contribution in [0.5, 0.6) is 0 Å². The van der Waals surface area contributed by atoms with Gasteiger partial charge in [-0.1, -0.05) is 45.4 Å². The number of nitrogens with one attached hydrogen (secondary N) is 1. The molecular formula is C19H17BrClN3O3S2. The number of carbonyl (C=O) groups is 1. The average Bonchev–Trinajstić information content (AvgIpc) is 3.13. The van der Waals surface area contributed by atoms with Crippen LogP contribution in [0.3, 0.4) is 0 Å². The minimum absolute atomic E-state index is 0.0316. The standard InChI is InChI=1S/C19H17BrClN3O3S2/c20-12-4-6-14(7-5-12)22-18(25)9-28-19-23-16-10-29(26,27)11-17(16)24(19)15-3-1-2-13(21)8-15/h1-8,16-17H,9-11H2,(H,22,25)/t16-,17+/m0/s1. The van der Waals surface area contributed by atoms with Crippen LogP contribution in [0.15, 0.2) is 58.0 Å². The molecule has 10 heteroatoms. The van der Waals surface area contributed by atoms with E-state index in [1.54, 1.807) is 12.1 Å². The fourth-order valence-corrected chi connectivity index (χ4v) is 6.64. The number of amides is 1. The number of anilines is 2. The maximum absolute atomic E-state index is 12.4. The summed E-state index contributed by atoms with van der Waals surface area (Å²) < 4.78 is 25.1. The van der Waals surface area contributed by atoms with E-state index in [1.807, 2.05) is 41.3 Å². The van der Waals surface area contributed by atoms with E-state index in [0.717, 1.165) is 10.2 Å². The van der Waals surface area contributed by atoms with Crippen molar-refractivity contribution in [3.05, 3.63) is 58.0 Å². The third-order valence-corrected chi connectivity index (χ3v) is 8.08. The van der Waals surface area contributed by atoms with Crippen LogP contribution >= 0.6 is 39.3 Å². The van der Waals surface area contributed by atoms with E-state index in [-0.39, 0.29) is 35.2 Å². The largest absolute Gasteiger partial charge is 0.325 e. The van der Waals surface area contributed by atoms with Gasteiger partial charge in [0, 0.05) is 20.9 Å². The maximum Gasteiger partial charge on any atom is 0.234 e. The number of thioether (sulfide) groups is 1. The Hall–Kier alpha value is -1.55. The number of amidine groups is 1. The Kier molecular flexibility index (Phi) is 5.92. The number of carbonyl (C=O) groups excluding carboxylic acids is 1. The summed E-state index contributed by atoms with van der Waals surface area (Å²) in [4.78, 5) is 18.9. The zero-order chi connectivity index (χ0) is 20.6. The highest BCUT2D eigenvalue weighted by Gasteiger charge is 2.47. The summed E-state index contributed by atoms with van der Waals surface area (Å²) in [6.45, 7) is 0. The molecule has 0 bridgehead atoms. The molecule has 1 N–H and O–H groups in total. The van der Waals surface area contributed by atoms with Gasteiger partial charge >= 0.3 is 0 Å². The molecule has 0 radical (unpaired) electrons. The van der Waals surface area contributed by atoms with Gasteiger partial charge in [0.05, 0.1) is 29.3 Å². The van der Waals surface area contributed by atoms with Gasteiger partial charge in [0.25, 0.3) is 0 Å². The Bertz CT molecular complexity index is 1080. The van der Waals surface area contributed by atoms with Crippen molar-refractivity contribution in [3.8, 4) is 0 Å². The van der Waals surface area contributed by atoms with Crippen molar-refractivity contribution in [2.24, 2.45) is 4.99 Å². The lowest BCUT2D eigenvalue weighted by atomic mass is 10.1. The van der Waals surface area contributed by atoms with Crippen molar-refractivity contribution in [2.45, 2.75) is 12.1 Å². The van der Waals surface area contributed by atoms with Crippen molar-refractivity contribution < 1.29 is 13.2 Å². The number of nitrogens with zero attached hydrogens (tertiary/aromatic N) is 2. The first-order valence-electron chi connectivity index (χ1n) is 8.82. The molecule has 0 unspecified atom stereocenters. The predicted molar refractivity (Wildman–Crippen MR) is 123 cm³/mol. The SMILES string of the molecule is O=C(CSC1=N[C@H]2CS(=O)(=O)C[C@H]2N1c1cccc(Cl)c1)Nc1ccc(Br)cc1. The molecule has 0 spiro atoms. The first kappa shape index (κ1) is 20.7. The number of hydrogen-bond donors (Lipinski definition) is 1. The summed E-state index contributed by atoms with van der Waals surface area (Å²) in [5, 5.41) is 4.05. The van der Waals surface area contributed by atoms with Gasteiger partial charge in [-0.3, -0.25) is 9.79 Å². The van der Waals surface area contributed by atoms with Crippen LogP contribution in [0, 0.1) is 0 Å². The molecule has 0 aliphatic carbocycles. The van der Waals surface area contributed by atoms with Crippen LogP contribution in [-0.2, 0) is 14.6 Å². The highest BCUT2D eigenvalue weighted by molar-refractivity contribution is 9.10. The van der Waals surface area contributed by atoms with Crippen molar-refractivity contribution >= 4 is 71.6 Å². The maximum atomic E-state index is 12.4. The van der Waals surface area contributed by atoms with Gasteiger partial charge in [-0.15, -0.1) is 0 Å². The smallest absolute Gasteiger partial charge is 0.234 e. The van der Waals surface area contributed by atoms with E-state index < -0.39 is 9.84 Å². The number of rotatable bonds is 4. The normalized spacial score (nSPS) is 22.3. The molecule has 0 saturated carbocycles. The molecule has 2 aliphatic rings. The lowest BCUT2D eigenvalue weighted by Crippen LogP contribution is -2.39. The van der Waals surface area contributed by atoms with Gasteiger partial charge in [-0.25, -0.2) is 8.42 Å². The second-order valence-electron chi connectivity index (χ2n) is 6.82. The first-order valence-corrected chi connectivity index (χ1v) is 12.8. The molecular weight excluding hydrogens is 498 g/mol. The van der Waals surface area contributed by atoms with E-state index in [4.69, 9.17) is 11.6 Å². The average molecular weight is 515 g/mol. The van der Waals surface area contributed by atoms with Crippen LogP contribution in [0.4, 0.5) is 11.4 Å². The third kappa shape index (κ3) is 4.79. The monoisotopic (exact) mass is 513 g/mol. The quantitative estimate of drug-likeness (QED) is 0.671. The molecule has 1 amide bonds. The third-order valence-electron chi connectivity index (χ3n) is 4.65. The minimum atomic E-state index is -3.13. The predicted octanol–water partition coefficient (Wildman–Crippen LogP) is 3.82. The molecule has 152 valence electrons. The van der Waals surface area contributed by atoms with Crippen molar-refractivity contribution in [2.75, 3.05) is 27.5 Å². The summed E-state index contributed by atoms with van der Waals surface area (Å²) in [5.41, 5.74) is 1.49. The Balaban J connectivity index is 1.50. The fourth-order valence-electron chi connectivity index (χ4n) is 3.42. The lowest BCUT2D eigenvalue weighted by molar-refractivity contribution is -0.113. The number of halogens is 2. The van der Waals surface area contributed by atoms with Gasteiger partial charge < -0.3 is 10.2 Å². The lowest BCUT2D eigenvalue weighted by Gasteiger charge is -2.26. The van der Waals surface area contributed by atoms with Gasteiger partial charge in [0.2, 0.25) is 5.91 Å². The first-order chi connectivity index (χ1) is 13.8. The zero-order valence-electron chi connectivity index (χ0n) is 15.1. The zero-order valence-corrected chi connectivity index (χ0v) is 19.1. The molecule has 1 fully saturated rings. The molecule has 0 aromatic heterocycles. The molecule has 2 aromatic carbocycles. The minimum Gasteiger partial charge on any atom is -0.325 e. The van der Waals surface area contributed by atoms with E-state index >= 15 is 0 Å². The molecule has 2 aliphatic heterocycles. The summed E-state index contributed by atoms with van der Waals surface area (Å²) in [5.74, 6) is 0.0842. The van der Waals surface area contributed by atoms with E-state index in [9.17, 15) is 13.2 Å². The summed E-state index contributed by atoms with van der Waals surface area (Å²) in [6, 6.07) is 14.0. The molecule has 4 rings (SSSR count). The van der Waals surface area contributed by atoms with Crippen LogP contribution in [-0.4, -0.2) is 48.8 Å². The van der Waals surface area contributed by atoms with Crippen molar-refractivity contribution in [1.82, 2.24) is 0 Å². The molecule has 6 nitrogen and oxygen atoms in total. The van der Waals surface area contributed by atoms with Gasteiger partial charge in [0.1, 0.15) is 0 Å². The number of sulfone groups is 1. The van der Waals surface area contributed by atoms with E-state index in [0.29, 0.717) is 15.9 Å². The second-order valence-corrected chi connectivity index (χ2v) is 11.3. The van der Waals surface area contributed by atoms with E-state index in [2.05, 4.69) is 26.2 Å². The fraction of sp³-hybridized carbons (Fsp3) is 0.263. The number of benzene rings is 2. The van der Waals surface area contributed by atoms with Crippen LogP contribution < -0.4 is 10.2 Å². The molecule has 1 saturated heterocycles. The number of hydrogen-bond acceptors (Lipinski definition) is 6.